The topological polar surface area (TPSA) is 58.6 Å². The van der Waals surface area contributed by atoms with Crippen LogP contribution in [0.2, 0.25) is 0 Å². The molecule has 1 atom stereocenters. The van der Waals surface area contributed by atoms with Gasteiger partial charge in [-0.05, 0) is 38.7 Å². The number of fused-ring (bicyclic) bond motifs is 1. The molecule has 0 radical (unpaired) electrons. The number of morpholine rings is 1. The fraction of sp³-hybridized carbons (Fsp3) is 0.706. The van der Waals surface area contributed by atoms with Gasteiger partial charge in [-0.3, -0.25) is 4.79 Å². The number of aromatic nitrogens is 2. The van der Waals surface area contributed by atoms with Crippen LogP contribution in [0, 0.1) is 5.92 Å². The van der Waals surface area contributed by atoms with Gasteiger partial charge in [0.1, 0.15) is 0 Å². The molecule has 0 aromatic carbocycles. The molecule has 0 bridgehead atoms. The Kier molecular flexibility index (Phi) is 5.10. The van der Waals surface area contributed by atoms with Crippen LogP contribution in [0.1, 0.15) is 31.5 Å². The second-order valence-electron chi connectivity index (χ2n) is 6.19. The number of nitrogens with zero attached hydrogens (tertiary/aromatic N) is 4. The molecule has 3 rings (SSSR count). The van der Waals surface area contributed by atoms with Gasteiger partial charge in [0.2, 0.25) is 11.9 Å². The monoisotopic (exact) mass is 318 g/mol. The Morgan fingerprint density at radius 1 is 1.35 bits per heavy atom. The highest BCUT2D eigenvalue weighted by atomic mass is 16.5. The molecule has 1 aromatic rings. The smallest absolute Gasteiger partial charge is 0.226 e. The van der Waals surface area contributed by atoms with Crippen molar-refractivity contribution in [1.82, 2.24) is 14.9 Å². The minimum atomic E-state index is 0.0836. The van der Waals surface area contributed by atoms with E-state index < -0.39 is 0 Å². The van der Waals surface area contributed by atoms with Crippen LogP contribution in [-0.2, 0) is 22.4 Å². The Balaban J connectivity index is 1.71. The van der Waals surface area contributed by atoms with E-state index in [1.54, 1.807) is 0 Å². The fourth-order valence-corrected chi connectivity index (χ4v) is 3.42. The molecule has 2 heterocycles. The molecular formula is C17H26N4O2. The number of aryl methyl sites for hydroxylation is 1. The molecule has 1 amide bonds. The van der Waals surface area contributed by atoms with Gasteiger partial charge in [-0.15, -0.1) is 0 Å². The summed E-state index contributed by atoms with van der Waals surface area (Å²) < 4.78 is 5.38. The quantitative estimate of drug-likeness (QED) is 0.837. The maximum atomic E-state index is 12.5. The summed E-state index contributed by atoms with van der Waals surface area (Å²) in [6, 6.07) is 0. The number of ether oxygens (including phenoxy) is 1. The van der Waals surface area contributed by atoms with Crippen molar-refractivity contribution < 1.29 is 9.53 Å². The third-order valence-electron chi connectivity index (χ3n) is 4.86. The molecule has 2 aliphatic rings. The van der Waals surface area contributed by atoms with Crippen LogP contribution in [0.25, 0.3) is 0 Å². The van der Waals surface area contributed by atoms with E-state index in [9.17, 15) is 4.79 Å². The van der Waals surface area contributed by atoms with Crippen LogP contribution in [0.4, 0.5) is 5.95 Å². The normalized spacial score (nSPS) is 21.0. The minimum Gasteiger partial charge on any atom is -0.378 e. The molecule has 1 fully saturated rings. The maximum absolute atomic E-state index is 12.5. The minimum absolute atomic E-state index is 0.0836. The van der Waals surface area contributed by atoms with Crippen LogP contribution >= 0.6 is 0 Å². The van der Waals surface area contributed by atoms with Crippen molar-refractivity contribution in [2.24, 2.45) is 5.92 Å². The van der Waals surface area contributed by atoms with Crippen LogP contribution in [0.15, 0.2) is 6.20 Å². The van der Waals surface area contributed by atoms with Gasteiger partial charge in [0.15, 0.2) is 0 Å². The summed E-state index contributed by atoms with van der Waals surface area (Å²) in [4.78, 5) is 25.9. The molecule has 1 aliphatic carbocycles. The number of anilines is 1. The summed E-state index contributed by atoms with van der Waals surface area (Å²) in [7, 11) is 0. The zero-order chi connectivity index (χ0) is 16.2. The summed E-state index contributed by atoms with van der Waals surface area (Å²) in [6.45, 7) is 8.81. The van der Waals surface area contributed by atoms with Crippen molar-refractivity contribution in [3.8, 4) is 0 Å². The Morgan fingerprint density at radius 2 is 2.09 bits per heavy atom. The Bertz CT molecular complexity index is 554. The zero-order valence-corrected chi connectivity index (χ0v) is 14.1. The van der Waals surface area contributed by atoms with Gasteiger partial charge in [0, 0.05) is 44.0 Å². The number of hydrogen-bond donors (Lipinski definition) is 0. The summed E-state index contributed by atoms with van der Waals surface area (Å²) in [5.74, 6) is 1.17. The van der Waals surface area contributed by atoms with Gasteiger partial charge in [-0.1, -0.05) is 0 Å². The van der Waals surface area contributed by atoms with E-state index in [1.807, 2.05) is 24.9 Å². The average molecular weight is 318 g/mol. The van der Waals surface area contributed by atoms with Crippen molar-refractivity contribution in [2.45, 2.75) is 33.1 Å². The molecule has 0 N–H and O–H groups in total. The number of rotatable bonds is 4. The van der Waals surface area contributed by atoms with Gasteiger partial charge in [-0.25, -0.2) is 9.97 Å². The van der Waals surface area contributed by atoms with Gasteiger partial charge in [-0.2, -0.15) is 0 Å². The largest absolute Gasteiger partial charge is 0.378 e. The highest BCUT2D eigenvalue weighted by Crippen LogP contribution is 2.26. The molecule has 126 valence electrons. The summed E-state index contributed by atoms with van der Waals surface area (Å²) in [6.07, 6.45) is 4.46. The lowest BCUT2D eigenvalue weighted by Gasteiger charge is -2.30. The van der Waals surface area contributed by atoms with E-state index in [-0.39, 0.29) is 11.8 Å². The second-order valence-corrected chi connectivity index (χ2v) is 6.19. The Morgan fingerprint density at radius 3 is 2.78 bits per heavy atom. The molecule has 1 aromatic heterocycles. The highest BCUT2D eigenvalue weighted by molar-refractivity contribution is 5.79. The van der Waals surface area contributed by atoms with E-state index in [0.29, 0.717) is 0 Å². The predicted octanol–water partition coefficient (Wildman–Crippen LogP) is 1.29. The number of carbonyl (C=O) groups excluding carboxylic acids is 1. The number of hydrogen-bond acceptors (Lipinski definition) is 5. The lowest BCUT2D eigenvalue weighted by molar-refractivity contribution is -0.135. The molecule has 6 heteroatoms. The molecule has 1 saturated heterocycles. The first-order valence-corrected chi connectivity index (χ1v) is 8.69. The van der Waals surface area contributed by atoms with E-state index >= 15 is 0 Å². The summed E-state index contributed by atoms with van der Waals surface area (Å²) >= 11 is 0. The third-order valence-corrected chi connectivity index (χ3v) is 4.86. The van der Waals surface area contributed by atoms with E-state index in [1.165, 1.54) is 0 Å². The Labute approximate surface area is 137 Å². The van der Waals surface area contributed by atoms with Crippen molar-refractivity contribution in [1.29, 1.82) is 0 Å². The number of carbonyl (C=O) groups is 1. The summed E-state index contributed by atoms with van der Waals surface area (Å²) in [5, 5.41) is 0. The van der Waals surface area contributed by atoms with Crippen molar-refractivity contribution in [2.75, 3.05) is 44.3 Å². The van der Waals surface area contributed by atoms with Crippen molar-refractivity contribution >= 4 is 11.9 Å². The fourth-order valence-electron chi connectivity index (χ4n) is 3.42. The van der Waals surface area contributed by atoms with E-state index in [2.05, 4.69) is 9.88 Å². The van der Waals surface area contributed by atoms with Gasteiger partial charge >= 0.3 is 0 Å². The van der Waals surface area contributed by atoms with Gasteiger partial charge < -0.3 is 14.5 Å². The van der Waals surface area contributed by atoms with Crippen LogP contribution in [0.3, 0.4) is 0 Å². The molecular weight excluding hydrogens is 292 g/mol. The third kappa shape index (κ3) is 3.47. The van der Waals surface area contributed by atoms with Crippen LogP contribution < -0.4 is 4.90 Å². The second kappa shape index (κ2) is 7.25. The lowest BCUT2D eigenvalue weighted by Crippen LogP contribution is -2.39. The number of amides is 1. The van der Waals surface area contributed by atoms with E-state index in [4.69, 9.17) is 9.72 Å². The van der Waals surface area contributed by atoms with Gasteiger partial charge in [0.25, 0.3) is 0 Å². The Hall–Kier alpha value is -1.69. The maximum Gasteiger partial charge on any atom is 0.226 e. The van der Waals surface area contributed by atoms with Crippen LogP contribution in [-0.4, -0.2) is 60.2 Å². The summed E-state index contributed by atoms with van der Waals surface area (Å²) in [5.41, 5.74) is 2.25. The first kappa shape index (κ1) is 16.2. The standard InChI is InChI=1S/C17H26N4O2/c1-3-20(4-2)16(22)13-5-6-15-14(11-13)12-18-17(19-15)21-7-9-23-10-8-21/h12-13H,3-11H2,1-2H3/t13-/m0/s1. The van der Waals surface area contributed by atoms with Crippen molar-refractivity contribution in [3.05, 3.63) is 17.5 Å². The van der Waals surface area contributed by atoms with E-state index in [0.717, 1.165) is 75.9 Å². The highest BCUT2D eigenvalue weighted by Gasteiger charge is 2.29. The molecule has 0 unspecified atom stereocenters. The first-order valence-electron chi connectivity index (χ1n) is 8.69. The molecule has 23 heavy (non-hydrogen) atoms. The van der Waals surface area contributed by atoms with Gasteiger partial charge in [0.05, 0.1) is 13.2 Å². The predicted molar refractivity (Wildman–Crippen MR) is 88.5 cm³/mol. The molecule has 0 spiro atoms. The van der Waals surface area contributed by atoms with Crippen molar-refractivity contribution in [3.63, 3.8) is 0 Å². The molecule has 0 saturated carbocycles. The van der Waals surface area contributed by atoms with Crippen LogP contribution in [0.5, 0.6) is 0 Å². The average Bonchev–Trinajstić information content (AvgIpc) is 2.62. The lowest BCUT2D eigenvalue weighted by atomic mass is 9.86. The zero-order valence-electron chi connectivity index (χ0n) is 14.1. The SMILES string of the molecule is CCN(CC)C(=O)[C@H]1CCc2nc(N3CCOCC3)ncc2C1. The molecule has 1 aliphatic heterocycles. The molecule has 6 nitrogen and oxygen atoms in total. The first-order chi connectivity index (χ1) is 11.2.